The Morgan fingerprint density at radius 3 is 2.28 bits per heavy atom. The Balaban J connectivity index is 0.000000860. The molecule has 0 saturated carbocycles. The summed E-state index contributed by atoms with van der Waals surface area (Å²) in [4.78, 5) is 14.8. The van der Waals surface area contributed by atoms with Crippen molar-refractivity contribution in [3.05, 3.63) is 119 Å². The van der Waals surface area contributed by atoms with Gasteiger partial charge in [0.1, 0.15) is 11.4 Å². The Kier molecular flexibility index (Phi) is 9.36. The van der Waals surface area contributed by atoms with Crippen LogP contribution >= 0.6 is 15.9 Å². The average Bonchev–Trinajstić information content (AvgIpc) is 2.84. The van der Waals surface area contributed by atoms with Crippen LogP contribution in [0.25, 0.3) is 11.1 Å². The van der Waals surface area contributed by atoms with E-state index < -0.39 is 0 Å². The van der Waals surface area contributed by atoms with E-state index in [2.05, 4.69) is 101 Å². The molecule has 1 aromatic heterocycles. The lowest BCUT2D eigenvalue weighted by molar-refractivity contribution is -0.0979. The van der Waals surface area contributed by atoms with Gasteiger partial charge in [-0.3, -0.25) is 0 Å². The molecule has 0 amide bonds. The number of hydrogen-bond donors (Lipinski definition) is 0. The molecule has 3 nitrogen and oxygen atoms in total. The number of allylic oxidation sites excluding steroid dienone is 3. The molecule has 3 aromatic rings. The van der Waals surface area contributed by atoms with Gasteiger partial charge in [0, 0.05) is 23.0 Å². The van der Waals surface area contributed by atoms with Crippen molar-refractivity contribution >= 4 is 39.6 Å². The average molecular weight is 489 g/mol. The van der Waals surface area contributed by atoms with E-state index >= 15 is 0 Å². The van der Waals surface area contributed by atoms with Crippen molar-refractivity contribution in [1.82, 2.24) is 4.98 Å². The zero-order chi connectivity index (χ0) is 23.7. The quantitative estimate of drug-likeness (QED) is 0.354. The molecule has 0 aliphatic carbocycles. The predicted molar refractivity (Wildman–Crippen MR) is 140 cm³/mol. The van der Waals surface area contributed by atoms with E-state index in [4.69, 9.17) is 4.79 Å². The molecule has 4 heteroatoms. The van der Waals surface area contributed by atoms with Crippen molar-refractivity contribution in [2.45, 2.75) is 27.3 Å². The molecule has 0 bridgehead atoms. The molecule has 4 rings (SSSR count). The molecule has 0 unspecified atom stereocenters. The third-order valence-corrected chi connectivity index (χ3v) is 5.42. The smallest absolute Gasteiger partial charge is 0.106 e. The van der Waals surface area contributed by atoms with Gasteiger partial charge in [-0.25, -0.2) is 4.98 Å². The first-order valence-electron chi connectivity index (χ1n) is 10.5. The van der Waals surface area contributed by atoms with Crippen molar-refractivity contribution in [2.24, 2.45) is 0 Å². The summed E-state index contributed by atoms with van der Waals surface area (Å²) in [5.41, 5.74) is 8.63. The number of aromatic nitrogens is 1. The van der Waals surface area contributed by atoms with Gasteiger partial charge in [0.05, 0.1) is 12.2 Å². The van der Waals surface area contributed by atoms with Gasteiger partial charge in [-0.15, -0.1) is 0 Å². The van der Waals surface area contributed by atoms with Crippen LogP contribution in [0.5, 0.6) is 0 Å². The normalized spacial score (nSPS) is 11.8. The number of para-hydroxylation sites is 1. The van der Waals surface area contributed by atoms with E-state index in [1.807, 2.05) is 38.8 Å². The number of pyridine rings is 1. The lowest BCUT2D eigenvalue weighted by atomic mass is 9.87. The van der Waals surface area contributed by atoms with Gasteiger partial charge < -0.3 is 9.69 Å². The summed E-state index contributed by atoms with van der Waals surface area (Å²) in [6.45, 7) is 17.5. The number of benzene rings is 2. The topological polar surface area (TPSA) is 33.2 Å². The fraction of sp³-hybridized carbons (Fsp3) is 0.143. The molecule has 0 fully saturated rings. The van der Waals surface area contributed by atoms with Crippen molar-refractivity contribution in [2.75, 3.05) is 4.90 Å². The molecular formula is C28H29BrN2O. The molecule has 0 atom stereocenters. The van der Waals surface area contributed by atoms with Crippen LogP contribution in [0.4, 0.5) is 5.69 Å². The largest absolute Gasteiger partial charge is 0.341 e. The van der Waals surface area contributed by atoms with Gasteiger partial charge in [0.2, 0.25) is 0 Å². The minimum atomic E-state index is 0.675. The summed E-state index contributed by atoms with van der Waals surface area (Å²) in [7, 11) is 0. The van der Waals surface area contributed by atoms with Crippen molar-refractivity contribution in [3.63, 3.8) is 0 Å². The molecule has 2 aromatic carbocycles. The number of fused-ring (bicyclic) bond motifs is 1. The fourth-order valence-corrected chi connectivity index (χ4v) is 3.82. The molecule has 164 valence electrons. The summed E-state index contributed by atoms with van der Waals surface area (Å²) in [5, 5.41) is 0. The second-order valence-electron chi connectivity index (χ2n) is 6.96. The van der Waals surface area contributed by atoms with Crippen molar-refractivity contribution in [3.8, 4) is 0 Å². The van der Waals surface area contributed by atoms with Crippen LogP contribution in [0.15, 0.2) is 96.3 Å². The highest BCUT2D eigenvalue weighted by Gasteiger charge is 2.23. The molecule has 1 aliphatic heterocycles. The number of rotatable bonds is 4. The Morgan fingerprint density at radius 1 is 0.969 bits per heavy atom. The fourth-order valence-electron chi connectivity index (χ4n) is 3.44. The molecule has 0 N–H and O–H groups in total. The van der Waals surface area contributed by atoms with Crippen LogP contribution in [0, 0.1) is 6.92 Å². The summed E-state index contributed by atoms with van der Waals surface area (Å²) in [6, 6.07) is 22.8. The maximum atomic E-state index is 8.00. The minimum absolute atomic E-state index is 0.675. The van der Waals surface area contributed by atoms with Crippen molar-refractivity contribution in [1.29, 1.82) is 0 Å². The van der Waals surface area contributed by atoms with Gasteiger partial charge in [-0.1, -0.05) is 81.1 Å². The zero-order valence-electron chi connectivity index (χ0n) is 18.9. The molecule has 0 spiro atoms. The van der Waals surface area contributed by atoms with Crippen LogP contribution in [0.3, 0.4) is 0 Å². The molecule has 1 aliphatic rings. The molecule has 0 radical (unpaired) electrons. The van der Waals surface area contributed by atoms with E-state index in [0.717, 1.165) is 43.8 Å². The molecule has 0 saturated heterocycles. The van der Waals surface area contributed by atoms with Crippen LogP contribution < -0.4 is 4.90 Å². The van der Waals surface area contributed by atoms with E-state index in [0.29, 0.717) is 6.54 Å². The highest BCUT2D eigenvalue weighted by molar-refractivity contribution is 9.10. The van der Waals surface area contributed by atoms with Crippen LogP contribution in [-0.4, -0.2) is 11.8 Å². The van der Waals surface area contributed by atoms with E-state index in [1.165, 1.54) is 5.56 Å². The van der Waals surface area contributed by atoms with Crippen LogP contribution in [0.1, 0.15) is 36.2 Å². The van der Waals surface area contributed by atoms with E-state index in [9.17, 15) is 0 Å². The number of anilines is 1. The Hall–Kier alpha value is -3.24. The Bertz CT molecular complexity index is 1120. The molecule has 32 heavy (non-hydrogen) atoms. The van der Waals surface area contributed by atoms with Gasteiger partial charge in [-0.2, -0.15) is 0 Å². The monoisotopic (exact) mass is 488 g/mol. The second kappa shape index (κ2) is 12.0. The summed E-state index contributed by atoms with van der Waals surface area (Å²) in [5.74, 6) is 0. The van der Waals surface area contributed by atoms with Crippen LogP contribution in [-0.2, 0) is 11.3 Å². The first kappa shape index (κ1) is 25.0. The lowest BCUT2D eigenvalue weighted by Gasteiger charge is -2.31. The predicted octanol–water partition coefficient (Wildman–Crippen LogP) is 7.62. The number of halogens is 1. The number of aryl methyl sites for hydroxylation is 1. The third-order valence-electron chi connectivity index (χ3n) is 4.98. The Morgan fingerprint density at radius 2 is 1.62 bits per heavy atom. The SMILES string of the molecule is C=C(C1=CN(Cc2cccc(Br)n2)c2ccccc2C1=C)c1ccc(C)cc1.C=O.CC. The first-order chi connectivity index (χ1) is 15.5. The van der Waals surface area contributed by atoms with Gasteiger partial charge in [-0.05, 0) is 57.8 Å². The summed E-state index contributed by atoms with van der Waals surface area (Å²) in [6.07, 6.45) is 2.15. The second-order valence-corrected chi connectivity index (χ2v) is 7.78. The molecule has 2 heterocycles. The lowest BCUT2D eigenvalue weighted by Crippen LogP contribution is -2.22. The number of carbonyl (C=O) groups is 1. The number of hydrogen-bond acceptors (Lipinski definition) is 3. The van der Waals surface area contributed by atoms with Gasteiger partial charge in [0.15, 0.2) is 0 Å². The first-order valence-corrected chi connectivity index (χ1v) is 11.3. The highest BCUT2D eigenvalue weighted by atomic mass is 79.9. The van der Waals surface area contributed by atoms with E-state index in [-0.39, 0.29) is 0 Å². The minimum Gasteiger partial charge on any atom is -0.341 e. The van der Waals surface area contributed by atoms with E-state index in [1.54, 1.807) is 0 Å². The Labute approximate surface area is 200 Å². The van der Waals surface area contributed by atoms with Gasteiger partial charge >= 0.3 is 0 Å². The third kappa shape index (κ3) is 5.71. The zero-order valence-corrected chi connectivity index (χ0v) is 20.5. The maximum absolute atomic E-state index is 8.00. The standard InChI is InChI=1S/C25H21BrN2.C2H6.CH2O/c1-17-11-13-20(14-12-17)18(2)23-16-28(15-21-7-6-10-25(26)27-21)24-9-5-4-8-22(24)19(23)3;2*1-2/h4-14,16H,2-3,15H2,1H3;1-2H3;1H2. The van der Waals surface area contributed by atoms with Crippen LogP contribution in [0.2, 0.25) is 0 Å². The number of nitrogens with zero attached hydrogens (tertiary/aromatic N) is 2. The highest BCUT2D eigenvalue weighted by Crippen LogP contribution is 2.41. The summed E-state index contributed by atoms with van der Waals surface area (Å²) < 4.78 is 0.841. The van der Waals surface area contributed by atoms with Gasteiger partial charge in [0.25, 0.3) is 0 Å². The molecular weight excluding hydrogens is 460 g/mol. The number of carbonyl (C=O) groups excluding carboxylic acids is 1. The van der Waals surface area contributed by atoms with Crippen molar-refractivity contribution < 1.29 is 4.79 Å². The summed E-state index contributed by atoms with van der Waals surface area (Å²) >= 11 is 3.47. The maximum Gasteiger partial charge on any atom is 0.106 e.